The molecule has 2 aliphatic rings. The third-order valence-corrected chi connectivity index (χ3v) is 6.25. The lowest BCUT2D eigenvalue weighted by Crippen LogP contribution is -2.46. The number of alkyl carbamates (subject to hydrolysis) is 1. The summed E-state index contributed by atoms with van der Waals surface area (Å²) in [5.41, 5.74) is 4.67. The molecule has 1 saturated heterocycles. The first-order chi connectivity index (χ1) is 17.0. The van der Waals surface area contributed by atoms with E-state index in [-0.39, 0.29) is 23.8 Å². The first-order valence-electron chi connectivity index (χ1n) is 11.2. The predicted molar refractivity (Wildman–Crippen MR) is 126 cm³/mol. The molecule has 9 heteroatoms. The van der Waals surface area contributed by atoms with Crippen molar-refractivity contribution in [1.29, 1.82) is 0 Å². The standard InChI is InChI=1S/C26H23N3O6/c30-24(28-16-11-15(25(31)32)12-27-13-16)23-22(9-10-34-23)29-26(33)35-14-21-19-7-3-1-5-17(19)18-6-2-4-8-20(18)21/h1-8,11-13,21-23H,9-10,14H2,(H,28,30)(H,29,33)(H,31,32). The maximum atomic E-state index is 12.7. The molecule has 2 aromatic carbocycles. The van der Waals surface area contributed by atoms with Gasteiger partial charge >= 0.3 is 12.1 Å². The topological polar surface area (TPSA) is 127 Å². The van der Waals surface area contributed by atoms with E-state index in [1.807, 2.05) is 36.4 Å². The second kappa shape index (κ2) is 9.55. The zero-order chi connectivity index (χ0) is 24.4. The highest BCUT2D eigenvalue weighted by molar-refractivity contribution is 5.96. The van der Waals surface area contributed by atoms with Crippen molar-refractivity contribution in [2.75, 3.05) is 18.5 Å². The molecule has 3 aromatic rings. The number of benzene rings is 2. The number of amides is 2. The molecule has 0 radical (unpaired) electrons. The number of carboxylic acids is 1. The summed E-state index contributed by atoms with van der Waals surface area (Å²) >= 11 is 0. The molecule has 178 valence electrons. The van der Waals surface area contributed by atoms with Crippen molar-refractivity contribution < 1.29 is 29.0 Å². The van der Waals surface area contributed by atoms with Gasteiger partial charge in [-0.1, -0.05) is 48.5 Å². The molecular formula is C26H23N3O6. The normalized spacial score (nSPS) is 18.4. The van der Waals surface area contributed by atoms with Gasteiger partial charge < -0.3 is 25.2 Å². The van der Waals surface area contributed by atoms with Gasteiger partial charge in [0.05, 0.1) is 23.5 Å². The summed E-state index contributed by atoms with van der Waals surface area (Å²) in [6.07, 6.45) is 1.40. The molecule has 0 spiro atoms. The summed E-state index contributed by atoms with van der Waals surface area (Å²) in [4.78, 5) is 40.3. The van der Waals surface area contributed by atoms with E-state index in [1.54, 1.807) is 0 Å². The third kappa shape index (κ3) is 4.58. The fourth-order valence-corrected chi connectivity index (χ4v) is 4.63. The Morgan fingerprint density at radius 3 is 2.40 bits per heavy atom. The van der Waals surface area contributed by atoms with Gasteiger partial charge in [0.25, 0.3) is 5.91 Å². The number of hydrogen-bond donors (Lipinski definition) is 3. The lowest BCUT2D eigenvalue weighted by atomic mass is 9.98. The maximum absolute atomic E-state index is 12.7. The molecular weight excluding hydrogens is 450 g/mol. The van der Waals surface area contributed by atoms with E-state index in [9.17, 15) is 14.4 Å². The number of hydrogen-bond acceptors (Lipinski definition) is 6. The van der Waals surface area contributed by atoms with E-state index in [1.165, 1.54) is 18.5 Å². The van der Waals surface area contributed by atoms with E-state index >= 15 is 0 Å². The van der Waals surface area contributed by atoms with Crippen molar-refractivity contribution in [3.05, 3.63) is 83.7 Å². The maximum Gasteiger partial charge on any atom is 0.407 e. The van der Waals surface area contributed by atoms with Gasteiger partial charge in [-0.2, -0.15) is 0 Å². The van der Waals surface area contributed by atoms with Crippen molar-refractivity contribution in [2.24, 2.45) is 0 Å². The molecule has 2 amide bonds. The van der Waals surface area contributed by atoms with Crippen molar-refractivity contribution in [3.63, 3.8) is 0 Å². The van der Waals surface area contributed by atoms with Crippen LogP contribution in [0, 0.1) is 0 Å². The molecule has 1 aliphatic carbocycles. The first kappa shape index (κ1) is 22.5. The van der Waals surface area contributed by atoms with Crippen molar-refractivity contribution in [3.8, 4) is 11.1 Å². The number of pyridine rings is 1. The number of aromatic carboxylic acids is 1. The fourth-order valence-electron chi connectivity index (χ4n) is 4.63. The van der Waals surface area contributed by atoms with Gasteiger partial charge in [-0.05, 0) is 34.7 Å². The summed E-state index contributed by atoms with van der Waals surface area (Å²) in [6.45, 7) is 0.456. The average Bonchev–Trinajstić information content (AvgIpc) is 3.45. The van der Waals surface area contributed by atoms with Crippen molar-refractivity contribution in [1.82, 2.24) is 10.3 Å². The molecule has 35 heavy (non-hydrogen) atoms. The Labute approximate surface area is 201 Å². The van der Waals surface area contributed by atoms with Crippen LogP contribution >= 0.6 is 0 Å². The average molecular weight is 473 g/mol. The summed E-state index contributed by atoms with van der Waals surface area (Å²) in [7, 11) is 0. The zero-order valence-electron chi connectivity index (χ0n) is 18.6. The number of nitrogens with zero attached hydrogens (tertiary/aromatic N) is 1. The molecule has 2 heterocycles. The number of ether oxygens (including phenoxy) is 2. The minimum Gasteiger partial charge on any atom is -0.478 e. The minimum absolute atomic E-state index is 0.0524. The predicted octanol–water partition coefficient (Wildman–Crippen LogP) is 3.41. The lowest BCUT2D eigenvalue weighted by Gasteiger charge is -2.20. The first-order valence-corrected chi connectivity index (χ1v) is 11.2. The van der Waals surface area contributed by atoms with E-state index in [4.69, 9.17) is 14.6 Å². The van der Waals surface area contributed by atoms with Crippen LogP contribution in [-0.2, 0) is 14.3 Å². The molecule has 1 fully saturated rings. The van der Waals surface area contributed by atoms with Crippen LogP contribution in [0.1, 0.15) is 33.8 Å². The number of aromatic nitrogens is 1. The Kier molecular flexibility index (Phi) is 6.15. The highest BCUT2D eigenvalue weighted by Gasteiger charge is 2.36. The highest BCUT2D eigenvalue weighted by atomic mass is 16.6. The SMILES string of the molecule is O=C(NC1CCOC1C(=O)Nc1cncc(C(=O)O)c1)OCC1c2ccccc2-c2ccccc21. The Morgan fingerprint density at radius 1 is 1.03 bits per heavy atom. The van der Waals surface area contributed by atoms with Gasteiger partial charge in [0.15, 0.2) is 6.10 Å². The number of carbonyl (C=O) groups is 3. The second-order valence-corrected chi connectivity index (χ2v) is 8.41. The molecule has 1 aromatic heterocycles. The van der Waals surface area contributed by atoms with Crippen LogP contribution in [0.2, 0.25) is 0 Å². The van der Waals surface area contributed by atoms with Gasteiger partial charge in [-0.25, -0.2) is 9.59 Å². The van der Waals surface area contributed by atoms with E-state index in [2.05, 4.69) is 27.8 Å². The summed E-state index contributed by atoms with van der Waals surface area (Å²) in [6, 6.07) is 16.9. The van der Waals surface area contributed by atoms with Crippen molar-refractivity contribution >= 4 is 23.7 Å². The molecule has 0 saturated carbocycles. The third-order valence-electron chi connectivity index (χ3n) is 6.25. The number of nitrogens with one attached hydrogen (secondary N) is 2. The van der Waals surface area contributed by atoms with Gasteiger partial charge in [0.2, 0.25) is 0 Å². The summed E-state index contributed by atoms with van der Waals surface area (Å²) < 4.78 is 11.1. The highest BCUT2D eigenvalue weighted by Crippen LogP contribution is 2.44. The van der Waals surface area contributed by atoms with Crippen LogP contribution in [-0.4, -0.2) is 53.4 Å². The van der Waals surface area contributed by atoms with Crippen LogP contribution in [0.4, 0.5) is 10.5 Å². The second-order valence-electron chi connectivity index (χ2n) is 8.41. The summed E-state index contributed by atoms with van der Waals surface area (Å²) in [5.74, 6) is -1.72. The molecule has 3 N–H and O–H groups in total. The van der Waals surface area contributed by atoms with Gasteiger partial charge in [0.1, 0.15) is 6.61 Å². The number of carboxylic acid groups (broad SMARTS) is 1. The molecule has 2 unspecified atom stereocenters. The summed E-state index contributed by atoms with van der Waals surface area (Å²) in [5, 5.41) is 14.4. The molecule has 9 nitrogen and oxygen atoms in total. The Balaban J connectivity index is 1.21. The number of carbonyl (C=O) groups excluding carboxylic acids is 2. The number of rotatable bonds is 6. The van der Waals surface area contributed by atoms with Gasteiger partial charge in [-0.3, -0.25) is 9.78 Å². The molecule has 0 bridgehead atoms. The number of fused-ring (bicyclic) bond motifs is 3. The van der Waals surface area contributed by atoms with E-state index in [0.29, 0.717) is 13.0 Å². The molecule has 2 atom stereocenters. The molecule has 1 aliphatic heterocycles. The Hall–Kier alpha value is -4.24. The minimum atomic E-state index is -1.15. The van der Waals surface area contributed by atoms with Crippen LogP contribution in [0.5, 0.6) is 0 Å². The lowest BCUT2D eigenvalue weighted by molar-refractivity contribution is -0.125. The fraction of sp³-hybridized carbons (Fsp3) is 0.231. The number of anilines is 1. The van der Waals surface area contributed by atoms with Crippen LogP contribution in [0.25, 0.3) is 11.1 Å². The largest absolute Gasteiger partial charge is 0.478 e. The quantitative estimate of drug-likeness (QED) is 0.501. The molecule has 5 rings (SSSR count). The monoisotopic (exact) mass is 473 g/mol. The Morgan fingerprint density at radius 2 is 1.71 bits per heavy atom. The van der Waals surface area contributed by atoms with Crippen LogP contribution in [0.3, 0.4) is 0 Å². The smallest absolute Gasteiger partial charge is 0.407 e. The Bertz CT molecular complexity index is 1250. The van der Waals surface area contributed by atoms with Crippen LogP contribution in [0.15, 0.2) is 67.0 Å². The van der Waals surface area contributed by atoms with Crippen LogP contribution < -0.4 is 10.6 Å². The van der Waals surface area contributed by atoms with E-state index < -0.39 is 30.1 Å². The van der Waals surface area contributed by atoms with E-state index in [0.717, 1.165) is 22.3 Å². The zero-order valence-corrected chi connectivity index (χ0v) is 18.6. The van der Waals surface area contributed by atoms with Crippen molar-refractivity contribution in [2.45, 2.75) is 24.5 Å². The van der Waals surface area contributed by atoms with Gasteiger partial charge in [0, 0.05) is 18.7 Å². The van der Waals surface area contributed by atoms with Gasteiger partial charge in [-0.15, -0.1) is 0 Å².